The topological polar surface area (TPSA) is 67.2 Å². The number of nitrogens with zero attached hydrogens (tertiary/aromatic N) is 1. The first kappa shape index (κ1) is 29.1. The van der Waals surface area contributed by atoms with E-state index in [0.29, 0.717) is 12.4 Å². The minimum absolute atomic E-state index is 0.439. The van der Waals surface area contributed by atoms with Gasteiger partial charge in [0.1, 0.15) is 0 Å². The van der Waals surface area contributed by atoms with Crippen LogP contribution in [-0.2, 0) is 0 Å². The summed E-state index contributed by atoms with van der Waals surface area (Å²) in [4.78, 5) is 10.0. The summed E-state index contributed by atoms with van der Waals surface area (Å²) >= 11 is 1.82. The lowest BCUT2D eigenvalue weighted by molar-refractivity contribution is -0.404. The van der Waals surface area contributed by atoms with Gasteiger partial charge in [-0.2, -0.15) is 11.8 Å². The molecular weight excluding hydrogens is 406 g/mol. The molecule has 0 saturated carbocycles. The van der Waals surface area contributed by atoms with Gasteiger partial charge in [0.2, 0.25) is 0 Å². The molecule has 6 heteroatoms. The van der Waals surface area contributed by atoms with Crippen molar-refractivity contribution in [3.8, 4) is 0 Å². The van der Waals surface area contributed by atoms with Crippen molar-refractivity contribution in [1.82, 2.24) is 10.6 Å². The molecule has 0 heterocycles. The van der Waals surface area contributed by atoms with Crippen LogP contribution in [-0.4, -0.2) is 30.0 Å². The molecule has 0 unspecified atom stereocenters. The number of thioether (sulfide) groups is 1. The number of allylic oxidation sites excluding steroid dienone is 7. The fourth-order valence-corrected chi connectivity index (χ4v) is 3.65. The van der Waals surface area contributed by atoms with Crippen molar-refractivity contribution in [3.05, 3.63) is 68.7 Å². The smallest absolute Gasteiger partial charge is 0.274 e. The van der Waals surface area contributed by atoms with Crippen molar-refractivity contribution in [3.63, 3.8) is 0 Å². The Morgan fingerprint density at radius 2 is 1.39 bits per heavy atom. The number of nitro groups is 1. The first-order valence-electron chi connectivity index (χ1n) is 11.2. The summed E-state index contributed by atoms with van der Waals surface area (Å²) in [6, 6.07) is 0. The molecule has 0 radical (unpaired) electrons. The van der Waals surface area contributed by atoms with Gasteiger partial charge < -0.3 is 10.6 Å². The van der Waals surface area contributed by atoms with Crippen LogP contribution in [0.4, 0.5) is 0 Å². The highest BCUT2D eigenvalue weighted by atomic mass is 32.2. The van der Waals surface area contributed by atoms with Gasteiger partial charge >= 0.3 is 0 Å². The highest BCUT2D eigenvalue weighted by molar-refractivity contribution is 7.99. The van der Waals surface area contributed by atoms with Crippen molar-refractivity contribution in [2.45, 2.75) is 73.1 Å². The van der Waals surface area contributed by atoms with Gasteiger partial charge in [0, 0.05) is 25.1 Å². The Balaban J connectivity index is 3.98. The summed E-state index contributed by atoms with van der Waals surface area (Å²) in [5.74, 6) is 2.32. The molecule has 0 aliphatic carbocycles. The van der Waals surface area contributed by atoms with E-state index in [0.717, 1.165) is 56.2 Å². The third-order valence-corrected chi connectivity index (χ3v) is 5.66. The van der Waals surface area contributed by atoms with Gasteiger partial charge in [0.05, 0.1) is 4.92 Å². The van der Waals surface area contributed by atoms with Crippen LogP contribution in [0, 0.1) is 10.1 Å². The monoisotopic (exact) mass is 449 g/mol. The molecule has 0 fully saturated rings. The van der Waals surface area contributed by atoms with Crippen LogP contribution in [0.1, 0.15) is 73.1 Å². The summed E-state index contributed by atoms with van der Waals surface area (Å²) in [6.45, 7) is 11.7. The van der Waals surface area contributed by atoms with Crippen molar-refractivity contribution in [2.24, 2.45) is 0 Å². The van der Waals surface area contributed by atoms with Crippen LogP contribution in [0.15, 0.2) is 58.6 Å². The first-order valence-corrected chi connectivity index (χ1v) is 12.3. The number of hydrogen-bond acceptors (Lipinski definition) is 5. The van der Waals surface area contributed by atoms with E-state index >= 15 is 0 Å². The number of nitrogens with one attached hydrogen (secondary N) is 2. The van der Waals surface area contributed by atoms with Gasteiger partial charge in [0.25, 0.3) is 6.20 Å². The summed E-state index contributed by atoms with van der Waals surface area (Å²) in [6.07, 6.45) is 17.1. The zero-order valence-electron chi connectivity index (χ0n) is 20.4. The standard InChI is InChI=1S/C25H43N3O2S/c1-21(2)10-7-11-22(3)12-8-13-23(4)14-9-15-24(5)16-18-31-19-17-27-25(26-6)20-28(29)30/h10,12,14,16,20,26-27H,7-9,11,13,15,17-19H2,1-6H3. The van der Waals surface area contributed by atoms with Crippen LogP contribution in [0.25, 0.3) is 0 Å². The summed E-state index contributed by atoms with van der Waals surface area (Å²) in [5.41, 5.74) is 5.79. The van der Waals surface area contributed by atoms with Gasteiger partial charge in [-0.25, -0.2) is 0 Å². The molecule has 0 aromatic carbocycles. The Bertz CT molecular complexity index is 672. The lowest BCUT2D eigenvalue weighted by Crippen LogP contribution is -2.26. The van der Waals surface area contributed by atoms with Crippen LogP contribution >= 0.6 is 11.8 Å². The highest BCUT2D eigenvalue weighted by Crippen LogP contribution is 2.14. The molecule has 176 valence electrons. The Morgan fingerprint density at radius 1 is 0.871 bits per heavy atom. The SMILES string of the molecule is CNC(=C[N+](=O)[O-])NCCSCC=C(C)CCC=C(C)CCC=C(C)CCC=C(C)C. The van der Waals surface area contributed by atoms with Crippen LogP contribution in [0.2, 0.25) is 0 Å². The molecule has 0 aliphatic heterocycles. The molecule has 0 atom stereocenters. The molecule has 0 aromatic rings. The van der Waals surface area contributed by atoms with Crippen LogP contribution in [0.3, 0.4) is 0 Å². The fourth-order valence-electron chi connectivity index (χ4n) is 2.83. The zero-order chi connectivity index (χ0) is 23.5. The van der Waals surface area contributed by atoms with Crippen molar-refractivity contribution >= 4 is 11.8 Å². The lowest BCUT2D eigenvalue weighted by atomic mass is 10.0. The average molecular weight is 450 g/mol. The number of hydrogen-bond donors (Lipinski definition) is 2. The van der Waals surface area contributed by atoms with Gasteiger partial charge in [-0.05, 0) is 73.1 Å². The Hall–Kier alpha value is -1.95. The molecule has 0 spiro atoms. The summed E-state index contributed by atoms with van der Waals surface area (Å²) < 4.78 is 0. The van der Waals surface area contributed by atoms with Crippen LogP contribution < -0.4 is 10.6 Å². The predicted octanol–water partition coefficient (Wildman–Crippen LogP) is 6.75. The summed E-state index contributed by atoms with van der Waals surface area (Å²) in [5, 5.41) is 16.3. The molecule has 0 saturated heterocycles. The molecular formula is C25H43N3O2S. The van der Waals surface area contributed by atoms with E-state index in [1.54, 1.807) is 7.05 Å². The van der Waals surface area contributed by atoms with E-state index < -0.39 is 4.92 Å². The Kier molecular flexibility index (Phi) is 17.6. The maximum absolute atomic E-state index is 10.5. The predicted molar refractivity (Wildman–Crippen MR) is 138 cm³/mol. The second-order valence-electron chi connectivity index (χ2n) is 8.13. The lowest BCUT2D eigenvalue weighted by Gasteiger charge is -2.07. The van der Waals surface area contributed by atoms with Crippen molar-refractivity contribution in [2.75, 3.05) is 25.1 Å². The quantitative estimate of drug-likeness (QED) is 0.111. The van der Waals surface area contributed by atoms with Gasteiger partial charge in [0.15, 0.2) is 5.82 Å². The van der Waals surface area contributed by atoms with Gasteiger partial charge in [-0.3, -0.25) is 10.1 Å². The van der Waals surface area contributed by atoms with E-state index in [2.05, 4.69) is 69.6 Å². The third-order valence-electron chi connectivity index (χ3n) is 4.77. The summed E-state index contributed by atoms with van der Waals surface area (Å²) in [7, 11) is 1.67. The average Bonchev–Trinajstić information content (AvgIpc) is 2.69. The zero-order valence-corrected chi connectivity index (χ0v) is 21.2. The highest BCUT2D eigenvalue weighted by Gasteiger charge is 1.99. The normalized spacial score (nSPS) is 13.2. The van der Waals surface area contributed by atoms with E-state index in [4.69, 9.17) is 0 Å². The van der Waals surface area contributed by atoms with E-state index in [-0.39, 0.29) is 0 Å². The fraction of sp³-hybridized carbons (Fsp3) is 0.600. The van der Waals surface area contributed by atoms with Gasteiger partial charge in [-0.15, -0.1) is 0 Å². The Morgan fingerprint density at radius 3 is 1.87 bits per heavy atom. The minimum Gasteiger partial charge on any atom is -0.370 e. The third kappa shape index (κ3) is 19.7. The molecule has 0 amide bonds. The van der Waals surface area contributed by atoms with E-state index in [1.165, 1.54) is 22.3 Å². The molecule has 0 aliphatic rings. The largest absolute Gasteiger partial charge is 0.370 e. The molecule has 0 aromatic heterocycles. The second-order valence-corrected chi connectivity index (χ2v) is 9.28. The molecule has 5 nitrogen and oxygen atoms in total. The molecule has 0 bridgehead atoms. The van der Waals surface area contributed by atoms with Gasteiger partial charge in [-0.1, -0.05) is 46.6 Å². The van der Waals surface area contributed by atoms with Crippen LogP contribution in [0.5, 0.6) is 0 Å². The first-order chi connectivity index (χ1) is 14.7. The number of rotatable bonds is 17. The van der Waals surface area contributed by atoms with E-state index in [1.807, 2.05) is 11.8 Å². The Labute approximate surface area is 194 Å². The van der Waals surface area contributed by atoms with Crippen molar-refractivity contribution in [1.29, 1.82) is 0 Å². The minimum atomic E-state index is -0.459. The van der Waals surface area contributed by atoms with Crippen molar-refractivity contribution < 1.29 is 4.92 Å². The van der Waals surface area contributed by atoms with E-state index in [9.17, 15) is 10.1 Å². The molecule has 2 N–H and O–H groups in total. The maximum Gasteiger partial charge on any atom is 0.274 e. The molecule has 0 rings (SSSR count). The maximum atomic E-state index is 10.5. The molecule has 31 heavy (non-hydrogen) atoms. The second kappa shape index (κ2) is 18.8.